The summed E-state index contributed by atoms with van der Waals surface area (Å²) in [6, 6.07) is 9.39. The number of piperidine rings is 1. The lowest BCUT2D eigenvalue weighted by atomic mass is 10.0. The van der Waals surface area contributed by atoms with Gasteiger partial charge in [-0.15, -0.1) is 0 Å². The second-order valence-electron chi connectivity index (χ2n) is 5.78. The first-order valence-corrected chi connectivity index (χ1v) is 7.85. The fourth-order valence-corrected chi connectivity index (χ4v) is 3.00. The van der Waals surface area contributed by atoms with Gasteiger partial charge in [0, 0.05) is 12.1 Å². The molecule has 0 amide bonds. The van der Waals surface area contributed by atoms with E-state index in [-0.39, 0.29) is 0 Å². The Morgan fingerprint density at radius 3 is 2.75 bits per heavy atom. The Morgan fingerprint density at radius 1 is 1.35 bits per heavy atom. The molecule has 3 heteroatoms. The summed E-state index contributed by atoms with van der Waals surface area (Å²) in [4.78, 5) is 2.58. The van der Waals surface area contributed by atoms with E-state index in [0.717, 1.165) is 5.75 Å². The molecule has 1 aliphatic rings. The summed E-state index contributed by atoms with van der Waals surface area (Å²) in [6.07, 6.45) is 3.78. The van der Waals surface area contributed by atoms with Crippen LogP contribution in [0.3, 0.4) is 0 Å². The quantitative estimate of drug-likeness (QED) is 0.863. The van der Waals surface area contributed by atoms with Gasteiger partial charge in [0.1, 0.15) is 5.75 Å². The molecule has 1 unspecified atom stereocenters. The minimum atomic E-state index is 0.382. The van der Waals surface area contributed by atoms with E-state index in [0.29, 0.717) is 12.1 Å². The first kappa shape index (κ1) is 15.3. The molecule has 1 aromatic carbocycles. The van der Waals surface area contributed by atoms with E-state index < -0.39 is 0 Å². The summed E-state index contributed by atoms with van der Waals surface area (Å²) in [5, 5.41) is 3.77. The third-order valence-electron chi connectivity index (χ3n) is 4.21. The largest absolute Gasteiger partial charge is 0.497 e. The molecule has 0 radical (unpaired) electrons. The van der Waals surface area contributed by atoms with E-state index >= 15 is 0 Å². The molecule has 20 heavy (non-hydrogen) atoms. The topological polar surface area (TPSA) is 24.5 Å². The van der Waals surface area contributed by atoms with Crippen molar-refractivity contribution in [1.82, 2.24) is 10.2 Å². The van der Waals surface area contributed by atoms with Gasteiger partial charge in [-0.3, -0.25) is 0 Å². The van der Waals surface area contributed by atoms with E-state index in [2.05, 4.69) is 42.3 Å². The van der Waals surface area contributed by atoms with Crippen molar-refractivity contribution in [3.63, 3.8) is 0 Å². The molecule has 3 nitrogen and oxygen atoms in total. The first-order chi connectivity index (χ1) is 9.72. The average Bonchev–Trinajstić information content (AvgIpc) is 2.49. The Balaban J connectivity index is 1.84. The van der Waals surface area contributed by atoms with Gasteiger partial charge in [0.25, 0.3) is 0 Å². The lowest BCUT2D eigenvalue weighted by Gasteiger charge is -2.33. The maximum Gasteiger partial charge on any atom is 0.119 e. The predicted octanol–water partition coefficient (Wildman–Crippen LogP) is 3.22. The van der Waals surface area contributed by atoms with Crippen molar-refractivity contribution in [2.24, 2.45) is 0 Å². The Morgan fingerprint density at radius 2 is 2.10 bits per heavy atom. The van der Waals surface area contributed by atoms with Gasteiger partial charge in [0.15, 0.2) is 0 Å². The summed E-state index contributed by atoms with van der Waals surface area (Å²) in [5.41, 5.74) is 1.31. The van der Waals surface area contributed by atoms with Gasteiger partial charge in [0.2, 0.25) is 0 Å². The van der Waals surface area contributed by atoms with Crippen LogP contribution in [0.4, 0.5) is 0 Å². The number of rotatable bonds is 6. The molecule has 1 fully saturated rings. The number of hydrogen-bond acceptors (Lipinski definition) is 3. The summed E-state index contributed by atoms with van der Waals surface area (Å²) in [5.74, 6) is 0.939. The molecule has 0 saturated carbocycles. The molecule has 1 aliphatic heterocycles. The molecule has 0 aliphatic carbocycles. The zero-order valence-electron chi connectivity index (χ0n) is 13.1. The Labute approximate surface area is 123 Å². The van der Waals surface area contributed by atoms with Crippen molar-refractivity contribution in [2.75, 3.05) is 26.7 Å². The third kappa shape index (κ3) is 4.22. The Kier molecular flexibility index (Phi) is 5.86. The monoisotopic (exact) mass is 276 g/mol. The number of likely N-dealkylation sites (tertiary alicyclic amines) is 1. The highest BCUT2D eigenvalue weighted by atomic mass is 16.5. The van der Waals surface area contributed by atoms with Gasteiger partial charge in [-0.25, -0.2) is 0 Å². The van der Waals surface area contributed by atoms with Crippen LogP contribution in [0.25, 0.3) is 0 Å². The van der Waals surface area contributed by atoms with Crippen LogP contribution in [0.2, 0.25) is 0 Å². The van der Waals surface area contributed by atoms with Crippen molar-refractivity contribution >= 4 is 0 Å². The zero-order chi connectivity index (χ0) is 14.4. The maximum absolute atomic E-state index is 5.30. The molecule has 0 spiro atoms. The molecular formula is C17H28N2O. The lowest BCUT2D eigenvalue weighted by Crippen LogP contribution is -2.43. The second-order valence-corrected chi connectivity index (χ2v) is 5.78. The predicted molar refractivity (Wildman–Crippen MR) is 84.3 cm³/mol. The van der Waals surface area contributed by atoms with Gasteiger partial charge in [-0.05, 0) is 63.5 Å². The van der Waals surface area contributed by atoms with Crippen LogP contribution in [0.15, 0.2) is 24.3 Å². The highest BCUT2D eigenvalue weighted by Crippen LogP contribution is 2.21. The van der Waals surface area contributed by atoms with Crippen LogP contribution < -0.4 is 10.1 Å². The Hall–Kier alpha value is -1.06. The van der Waals surface area contributed by atoms with Gasteiger partial charge in [-0.2, -0.15) is 0 Å². The molecular weight excluding hydrogens is 248 g/mol. The summed E-state index contributed by atoms with van der Waals surface area (Å²) in [6.45, 7) is 8.22. The van der Waals surface area contributed by atoms with Crippen LogP contribution in [0.1, 0.15) is 44.7 Å². The normalized spacial score (nSPS) is 18.9. The molecule has 1 atom stereocenters. The zero-order valence-corrected chi connectivity index (χ0v) is 13.1. The van der Waals surface area contributed by atoms with Crippen LogP contribution in [-0.4, -0.2) is 37.7 Å². The van der Waals surface area contributed by atoms with Crippen LogP contribution in [0, 0.1) is 0 Å². The van der Waals surface area contributed by atoms with Crippen LogP contribution >= 0.6 is 0 Å². The molecule has 1 saturated heterocycles. The van der Waals surface area contributed by atoms with Gasteiger partial charge in [-0.1, -0.05) is 19.1 Å². The van der Waals surface area contributed by atoms with Crippen LogP contribution in [-0.2, 0) is 0 Å². The summed E-state index contributed by atoms with van der Waals surface area (Å²) < 4.78 is 5.30. The second kappa shape index (κ2) is 7.65. The van der Waals surface area contributed by atoms with Gasteiger partial charge in [0.05, 0.1) is 7.11 Å². The van der Waals surface area contributed by atoms with E-state index in [4.69, 9.17) is 4.74 Å². The minimum Gasteiger partial charge on any atom is -0.497 e. The third-order valence-corrected chi connectivity index (χ3v) is 4.21. The SMILES string of the molecule is CCCN1CCC(NC(C)c2cccc(OC)c2)CC1. The average molecular weight is 276 g/mol. The van der Waals surface area contributed by atoms with Crippen molar-refractivity contribution in [1.29, 1.82) is 0 Å². The number of ether oxygens (including phenoxy) is 1. The van der Waals surface area contributed by atoms with Crippen molar-refractivity contribution in [3.05, 3.63) is 29.8 Å². The van der Waals surface area contributed by atoms with Crippen molar-refractivity contribution in [2.45, 2.75) is 45.2 Å². The minimum absolute atomic E-state index is 0.382. The fourth-order valence-electron chi connectivity index (χ4n) is 3.00. The summed E-state index contributed by atoms with van der Waals surface area (Å²) >= 11 is 0. The number of benzene rings is 1. The molecule has 112 valence electrons. The lowest BCUT2D eigenvalue weighted by molar-refractivity contribution is 0.192. The molecule has 1 aromatic rings. The van der Waals surface area contributed by atoms with Gasteiger partial charge >= 0.3 is 0 Å². The van der Waals surface area contributed by atoms with Crippen molar-refractivity contribution < 1.29 is 4.74 Å². The fraction of sp³-hybridized carbons (Fsp3) is 0.647. The highest BCUT2D eigenvalue weighted by Gasteiger charge is 2.20. The molecule has 1 N–H and O–H groups in total. The Bertz CT molecular complexity index is 400. The highest BCUT2D eigenvalue weighted by molar-refractivity contribution is 5.30. The first-order valence-electron chi connectivity index (χ1n) is 7.85. The van der Waals surface area contributed by atoms with E-state index in [9.17, 15) is 0 Å². The number of nitrogens with one attached hydrogen (secondary N) is 1. The van der Waals surface area contributed by atoms with E-state index in [1.165, 1.54) is 44.5 Å². The molecule has 0 bridgehead atoms. The maximum atomic E-state index is 5.30. The van der Waals surface area contributed by atoms with Crippen LogP contribution in [0.5, 0.6) is 5.75 Å². The number of hydrogen-bond donors (Lipinski definition) is 1. The molecule has 1 heterocycles. The summed E-state index contributed by atoms with van der Waals surface area (Å²) in [7, 11) is 1.72. The molecule has 0 aromatic heterocycles. The standard InChI is InChI=1S/C17H28N2O/c1-4-10-19-11-8-16(9-12-19)18-14(2)15-6-5-7-17(13-15)20-3/h5-7,13-14,16,18H,4,8-12H2,1-3H3. The van der Waals surface area contributed by atoms with Crippen molar-refractivity contribution in [3.8, 4) is 5.75 Å². The number of methoxy groups -OCH3 is 1. The molecule has 2 rings (SSSR count). The van der Waals surface area contributed by atoms with E-state index in [1.54, 1.807) is 7.11 Å². The number of nitrogens with zero attached hydrogens (tertiary/aromatic N) is 1. The smallest absolute Gasteiger partial charge is 0.119 e. The van der Waals surface area contributed by atoms with Gasteiger partial charge < -0.3 is 15.0 Å². The van der Waals surface area contributed by atoms with E-state index in [1.807, 2.05) is 6.07 Å².